The van der Waals surface area contributed by atoms with Crippen molar-refractivity contribution in [3.63, 3.8) is 0 Å². The van der Waals surface area contributed by atoms with Crippen LogP contribution in [0.25, 0.3) is 0 Å². The Morgan fingerprint density at radius 3 is 2.84 bits per heavy atom. The number of anilines is 1. The lowest BCUT2D eigenvalue weighted by atomic mass is 10.2. The van der Waals surface area contributed by atoms with E-state index in [4.69, 9.17) is 15.2 Å². The van der Waals surface area contributed by atoms with Crippen molar-refractivity contribution in [1.82, 2.24) is 0 Å². The van der Waals surface area contributed by atoms with Gasteiger partial charge in [0.2, 0.25) is 6.79 Å². The molecule has 0 bridgehead atoms. The average molecular weight is 273 g/mol. The van der Waals surface area contributed by atoms with E-state index in [0.717, 1.165) is 27.8 Å². The minimum Gasteiger partial charge on any atom is -0.454 e. The lowest BCUT2D eigenvalue weighted by Crippen LogP contribution is -1.93. The molecule has 2 N–H and O–H groups in total. The van der Waals surface area contributed by atoms with Crippen LogP contribution >= 0.6 is 11.8 Å². The van der Waals surface area contributed by atoms with Crippen molar-refractivity contribution in [2.24, 2.45) is 0 Å². The first-order valence-electron chi connectivity index (χ1n) is 6.10. The quantitative estimate of drug-likeness (QED) is 0.685. The van der Waals surface area contributed by atoms with Crippen molar-refractivity contribution < 1.29 is 9.47 Å². The van der Waals surface area contributed by atoms with E-state index in [1.54, 1.807) is 11.8 Å². The normalized spacial score (nSPS) is 12.7. The van der Waals surface area contributed by atoms with Gasteiger partial charge in [-0.05, 0) is 42.3 Å². The summed E-state index contributed by atoms with van der Waals surface area (Å²) < 4.78 is 10.7. The number of nitrogens with two attached hydrogens (primary N) is 1. The third-order valence-electron chi connectivity index (χ3n) is 3.00. The first-order valence-corrected chi connectivity index (χ1v) is 7.08. The van der Waals surface area contributed by atoms with E-state index in [9.17, 15) is 0 Å². The van der Waals surface area contributed by atoms with Gasteiger partial charge in [0.05, 0.1) is 0 Å². The molecule has 1 heterocycles. The molecule has 3 rings (SSSR count). The molecule has 0 saturated heterocycles. The summed E-state index contributed by atoms with van der Waals surface area (Å²) in [6, 6.07) is 12.1. The fourth-order valence-electron chi connectivity index (χ4n) is 1.96. The number of hydrogen-bond acceptors (Lipinski definition) is 4. The molecule has 3 nitrogen and oxygen atoms in total. The summed E-state index contributed by atoms with van der Waals surface area (Å²) >= 11 is 1.74. The zero-order valence-corrected chi connectivity index (χ0v) is 11.5. The number of fused-ring (bicyclic) bond motifs is 1. The number of benzene rings is 2. The highest BCUT2D eigenvalue weighted by Crippen LogP contribution is 2.35. The number of rotatable bonds is 3. The lowest BCUT2D eigenvalue weighted by molar-refractivity contribution is 0.174. The van der Waals surface area contributed by atoms with Gasteiger partial charge in [0, 0.05) is 16.3 Å². The summed E-state index contributed by atoms with van der Waals surface area (Å²) in [4.78, 5) is 1.12. The van der Waals surface area contributed by atoms with E-state index in [1.165, 1.54) is 11.1 Å². The SMILES string of the molecule is Cc1ccc(N)c(SCc2ccc3c(c2)OCO3)c1. The Hall–Kier alpha value is -1.81. The third-order valence-corrected chi connectivity index (χ3v) is 4.14. The maximum atomic E-state index is 5.98. The Kier molecular flexibility index (Phi) is 3.25. The Bertz CT molecular complexity index is 613. The van der Waals surface area contributed by atoms with Crippen molar-refractivity contribution >= 4 is 17.4 Å². The molecule has 19 heavy (non-hydrogen) atoms. The molecule has 0 radical (unpaired) electrons. The molecule has 2 aromatic rings. The lowest BCUT2D eigenvalue weighted by Gasteiger charge is -2.07. The van der Waals surface area contributed by atoms with Crippen LogP contribution in [0.15, 0.2) is 41.3 Å². The maximum Gasteiger partial charge on any atom is 0.231 e. The number of hydrogen-bond donors (Lipinski definition) is 1. The molecule has 0 aromatic heterocycles. The second-order valence-corrected chi connectivity index (χ2v) is 5.53. The summed E-state index contributed by atoms with van der Waals surface area (Å²) in [7, 11) is 0. The molecule has 1 aliphatic rings. The van der Waals surface area contributed by atoms with Gasteiger partial charge in [-0.2, -0.15) is 0 Å². The van der Waals surface area contributed by atoms with Crippen LogP contribution in [0, 0.1) is 6.92 Å². The zero-order chi connectivity index (χ0) is 13.2. The molecular weight excluding hydrogens is 258 g/mol. The van der Waals surface area contributed by atoms with E-state index < -0.39 is 0 Å². The molecular formula is C15H15NO2S. The fraction of sp³-hybridized carbons (Fsp3) is 0.200. The van der Waals surface area contributed by atoms with Gasteiger partial charge in [-0.25, -0.2) is 0 Å². The van der Waals surface area contributed by atoms with Gasteiger partial charge in [-0.15, -0.1) is 11.8 Å². The van der Waals surface area contributed by atoms with Gasteiger partial charge in [0.15, 0.2) is 11.5 Å². The molecule has 2 aromatic carbocycles. The highest BCUT2D eigenvalue weighted by molar-refractivity contribution is 7.98. The van der Waals surface area contributed by atoms with Crippen molar-refractivity contribution in [3.05, 3.63) is 47.5 Å². The summed E-state index contributed by atoms with van der Waals surface area (Å²) in [6.45, 7) is 2.39. The van der Waals surface area contributed by atoms with Crippen molar-refractivity contribution in [2.75, 3.05) is 12.5 Å². The smallest absolute Gasteiger partial charge is 0.231 e. The molecule has 0 amide bonds. The second kappa shape index (κ2) is 5.05. The second-order valence-electron chi connectivity index (χ2n) is 4.52. The zero-order valence-electron chi connectivity index (χ0n) is 10.7. The fourth-order valence-corrected chi connectivity index (χ4v) is 2.96. The molecule has 0 spiro atoms. The Morgan fingerprint density at radius 2 is 1.95 bits per heavy atom. The monoisotopic (exact) mass is 273 g/mol. The number of ether oxygens (including phenoxy) is 2. The number of thioether (sulfide) groups is 1. The molecule has 0 fully saturated rings. The topological polar surface area (TPSA) is 44.5 Å². The van der Waals surface area contributed by atoms with E-state index in [1.807, 2.05) is 24.3 Å². The van der Waals surface area contributed by atoms with E-state index in [-0.39, 0.29) is 0 Å². The highest BCUT2D eigenvalue weighted by atomic mass is 32.2. The minimum absolute atomic E-state index is 0.316. The van der Waals surface area contributed by atoms with Gasteiger partial charge in [0.1, 0.15) is 0 Å². The van der Waals surface area contributed by atoms with E-state index in [2.05, 4.69) is 19.1 Å². The average Bonchev–Trinajstić information content (AvgIpc) is 2.87. The van der Waals surface area contributed by atoms with Crippen LogP contribution in [0.3, 0.4) is 0 Å². The van der Waals surface area contributed by atoms with Crippen LogP contribution in [-0.2, 0) is 5.75 Å². The largest absolute Gasteiger partial charge is 0.454 e. The van der Waals surface area contributed by atoms with Crippen molar-refractivity contribution in [2.45, 2.75) is 17.6 Å². The molecule has 1 aliphatic heterocycles. The molecule has 0 unspecified atom stereocenters. The third kappa shape index (κ3) is 2.63. The van der Waals surface area contributed by atoms with E-state index >= 15 is 0 Å². The summed E-state index contributed by atoms with van der Waals surface area (Å²) in [6.07, 6.45) is 0. The summed E-state index contributed by atoms with van der Waals surface area (Å²) in [5.74, 6) is 2.52. The summed E-state index contributed by atoms with van der Waals surface area (Å²) in [5.41, 5.74) is 9.24. The Balaban J connectivity index is 1.74. The van der Waals surface area contributed by atoms with Gasteiger partial charge in [-0.1, -0.05) is 12.1 Å². The Morgan fingerprint density at radius 1 is 1.11 bits per heavy atom. The number of nitrogen functional groups attached to an aromatic ring is 1. The van der Waals surface area contributed by atoms with Gasteiger partial charge >= 0.3 is 0 Å². The van der Waals surface area contributed by atoms with E-state index in [0.29, 0.717) is 6.79 Å². The number of aryl methyl sites for hydroxylation is 1. The predicted molar refractivity (Wildman–Crippen MR) is 77.7 cm³/mol. The Labute approximate surface area is 116 Å². The minimum atomic E-state index is 0.316. The molecule has 0 saturated carbocycles. The maximum absolute atomic E-state index is 5.98. The van der Waals surface area contributed by atoms with Crippen molar-refractivity contribution in [1.29, 1.82) is 0 Å². The predicted octanol–water partition coefficient (Wildman–Crippen LogP) is 3.60. The molecule has 4 heteroatoms. The molecule has 0 atom stereocenters. The van der Waals surface area contributed by atoms with Gasteiger partial charge in [-0.3, -0.25) is 0 Å². The van der Waals surface area contributed by atoms with Crippen LogP contribution in [-0.4, -0.2) is 6.79 Å². The molecule has 0 aliphatic carbocycles. The standard InChI is InChI=1S/C15H15NO2S/c1-10-2-4-12(16)15(6-10)19-8-11-3-5-13-14(7-11)18-9-17-13/h2-7H,8-9,16H2,1H3. The van der Waals surface area contributed by atoms with Gasteiger partial charge < -0.3 is 15.2 Å². The van der Waals surface area contributed by atoms with Gasteiger partial charge in [0.25, 0.3) is 0 Å². The summed E-state index contributed by atoms with van der Waals surface area (Å²) in [5, 5.41) is 0. The van der Waals surface area contributed by atoms with Crippen LogP contribution in [0.2, 0.25) is 0 Å². The van der Waals surface area contributed by atoms with Crippen LogP contribution < -0.4 is 15.2 Å². The molecule has 98 valence electrons. The highest BCUT2D eigenvalue weighted by Gasteiger charge is 2.13. The van der Waals surface area contributed by atoms with Crippen molar-refractivity contribution in [3.8, 4) is 11.5 Å². The first-order chi connectivity index (χ1) is 9.22. The first kappa shape index (κ1) is 12.2. The van der Waals surface area contributed by atoms with Crippen LogP contribution in [0.1, 0.15) is 11.1 Å². The van der Waals surface area contributed by atoms with Crippen LogP contribution in [0.5, 0.6) is 11.5 Å². The van der Waals surface area contributed by atoms with Crippen LogP contribution in [0.4, 0.5) is 5.69 Å².